The highest BCUT2D eigenvalue weighted by atomic mass is 16.5. The summed E-state index contributed by atoms with van der Waals surface area (Å²) in [4.78, 5) is 38.4. The van der Waals surface area contributed by atoms with Gasteiger partial charge in [0.15, 0.2) is 0 Å². The van der Waals surface area contributed by atoms with Crippen molar-refractivity contribution in [2.75, 3.05) is 19.7 Å². The Morgan fingerprint density at radius 3 is 2.62 bits per heavy atom. The minimum absolute atomic E-state index is 0.0190. The molecule has 1 aromatic carbocycles. The Morgan fingerprint density at radius 2 is 1.92 bits per heavy atom. The van der Waals surface area contributed by atoms with Gasteiger partial charge in [0.25, 0.3) is 0 Å². The lowest BCUT2D eigenvalue weighted by atomic mass is 10.1. The Bertz CT molecular complexity index is 633. The number of nitrogens with zero attached hydrogens (tertiary/aromatic N) is 2. The molecule has 128 valence electrons. The number of hydrogen-bond donors (Lipinski definition) is 1. The number of carboxylic acids is 1. The van der Waals surface area contributed by atoms with Crippen LogP contribution in [0.2, 0.25) is 0 Å². The molecule has 2 aliphatic rings. The molecule has 0 aromatic heterocycles. The number of carbonyl (C=O) groups excluding carboxylic acids is 2. The third-order valence-electron chi connectivity index (χ3n) is 4.48. The molecular formula is C17H20N2O5. The molecular weight excluding hydrogens is 312 g/mol. The van der Waals surface area contributed by atoms with Gasteiger partial charge in [-0.1, -0.05) is 30.3 Å². The Hall–Kier alpha value is -2.41. The molecule has 0 saturated carbocycles. The van der Waals surface area contributed by atoms with Crippen LogP contribution >= 0.6 is 0 Å². The number of aliphatic carboxylic acids is 1. The van der Waals surface area contributed by atoms with E-state index in [9.17, 15) is 14.4 Å². The fourth-order valence-electron chi connectivity index (χ4n) is 3.23. The number of carbonyl (C=O) groups is 3. The number of fused-ring (bicyclic) bond motifs is 1. The summed E-state index contributed by atoms with van der Waals surface area (Å²) in [7, 11) is 0. The van der Waals surface area contributed by atoms with E-state index in [4.69, 9.17) is 9.84 Å². The minimum atomic E-state index is -0.989. The number of ether oxygens (including phenoxy) is 1. The van der Waals surface area contributed by atoms with E-state index >= 15 is 0 Å². The van der Waals surface area contributed by atoms with Crippen molar-refractivity contribution in [1.82, 2.24) is 9.80 Å². The average Bonchev–Trinajstić information content (AvgIpc) is 3.01. The molecule has 3 rings (SSSR count). The predicted molar refractivity (Wildman–Crippen MR) is 84.0 cm³/mol. The number of amides is 2. The van der Waals surface area contributed by atoms with Gasteiger partial charge in [-0.25, -0.2) is 0 Å². The first-order chi connectivity index (χ1) is 11.5. The van der Waals surface area contributed by atoms with Gasteiger partial charge in [-0.05, 0) is 5.56 Å². The first-order valence-electron chi connectivity index (χ1n) is 7.99. The van der Waals surface area contributed by atoms with Gasteiger partial charge in [0.05, 0.1) is 18.6 Å². The monoisotopic (exact) mass is 332 g/mol. The summed E-state index contributed by atoms with van der Waals surface area (Å²) in [6.45, 7) is 1.30. The average molecular weight is 332 g/mol. The fraction of sp³-hybridized carbons (Fsp3) is 0.471. The normalized spacial score (nSPS) is 23.2. The highest BCUT2D eigenvalue weighted by Gasteiger charge is 2.44. The third kappa shape index (κ3) is 3.56. The van der Waals surface area contributed by atoms with Crippen LogP contribution in [0, 0.1) is 0 Å². The van der Waals surface area contributed by atoms with E-state index in [0.29, 0.717) is 19.6 Å². The zero-order chi connectivity index (χ0) is 17.1. The van der Waals surface area contributed by atoms with Gasteiger partial charge in [0.2, 0.25) is 11.8 Å². The van der Waals surface area contributed by atoms with Crippen LogP contribution in [-0.2, 0) is 25.7 Å². The molecule has 0 radical (unpaired) electrons. The van der Waals surface area contributed by atoms with E-state index in [1.807, 2.05) is 30.3 Å². The van der Waals surface area contributed by atoms with Crippen molar-refractivity contribution < 1.29 is 24.2 Å². The standard InChI is InChI=1S/C17H20N2O5/c20-15(6-7-17(22)23)18-9-13-14(10-18)24-11-16(21)19(13)8-12-4-2-1-3-5-12/h1-5,13-14H,6-11H2,(H,22,23)/t13-,14+/m1/s1. The summed E-state index contributed by atoms with van der Waals surface area (Å²) >= 11 is 0. The Labute approximate surface area is 139 Å². The summed E-state index contributed by atoms with van der Waals surface area (Å²) in [5, 5.41) is 8.70. The quantitative estimate of drug-likeness (QED) is 0.848. The van der Waals surface area contributed by atoms with Gasteiger partial charge < -0.3 is 19.6 Å². The second-order valence-electron chi connectivity index (χ2n) is 6.12. The van der Waals surface area contributed by atoms with E-state index in [-0.39, 0.29) is 43.4 Å². The molecule has 2 heterocycles. The van der Waals surface area contributed by atoms with Crippen LogP contribution in [0.1, 0.15) is 18.4 Å². The Balaban J connectivity index is 1.67. The number of hydrogen-bond acceptors (Lipinski definition) is 4. The van der Waals surface area contributed by atoms with Crippen molar-refractivity contribution in [2.24, 2.45) is 0 Å². The van der Waals surface area contributed by atoms with Gasteiger partial charge in [-0.15, -0.1) is 0 Å². The van der Waals surface area contributed by atoms with Gasteiger partial charge in [-0.3, -0.25) is 14.4 Å². The zero-order valence-electron chi connectivity index (χ0n) is 13.3. The first kappa shape index (κ1) is 16.4. The largest absolute Gasteiger partial charge is 0.481 e. The Kier molecular flexibility index (Phi) is 4.80. The number of carboxylic acid groups (broad SMARTS) is 1. The molecule has 24 heavy (non-hydrogen) atoms. The highest BCUT2D eigenvalue weighted by Crippen LogP contribution is 2.25. The summed E-state index contributed by atoms with van der Waals surface area (Å²) in [6, 6.07) is 9.51. The number of rotatable bonds is 5. The number of likely N-dealkylation sites (tertiary alicyclic amines) is 1. The van der Waals surface area contributed by atoms with Gasteiger partial charge >= 0.3 is 5.97 Å². The summed E-state index contributed by atoms with van der Waals surface area (Å²) in [5.41, 5.74) is 1.03. The maximum absolute atomic E-state index is 12.3. The van der Waals surface area contributed by atoms with E-state index in [0.717, 1.165) is 5.56 Å². The molecule has 0 unspecified atom stereocenters. The smallest absolute Gasteiger partial charge is 0.303 e. The van der Waals surface area contributed by atoms with Crippen LogP contribution in [0.25, 0.3) is 0 Å². The van der Waals surface area contributed by atoms with Crippen molar-refractivity contribution in [2.45, 2.75) is 31.5 Å². The van der Waals surface area contributed by atoms with E-state index in [2.05, 4.69) is 0 Å². The summed E-state index contributed by atoms with van der Waals surface area (Å²) in [5.74, 6) is -1.28. The number of benzene rings is 1. The van der Waals surface area contributed by atoms with Gasteiger partial charge in [0.1, 0.15) is 6.61 Å². The topological polar surface area (TPSA) is 87.1 Å². The number of morpholine rings is 1. The third-order valence-corrected chi connectivity index (χ3v) is 4.48. The van der Waals surface area contributed by atoms with Crippen LogP contribution in [0.5, 0.6) is 0 Å². The maximum Gasteiger partial charge on any atom is 0.303 e. The van der Waals surface area contributed by atoms with Crippen molar-refractivity contribution in [3.05, 3.63) is 35.9 Å². The van der Waals surface area contributed by atoms with Gasteiger partial charge in [-0.2, -0.15) is 0 Å². The lowest BCUT2D eigenvalue weighted by Crippen LogP contribution is -2.53. The lowest BCUT2D eigenvalue weighted by molar-refractivity contribution is -0.153. The molecule has 2 fully saturated rings. The fourth-order valence-corrected chi connectivity index (χ4v) is 3.23. The molecule has 2 atom stereocenters. The molecule has 2 saturated heterocycles. The lowest BCUT2D eigenvalue weighted by Gasteiger charge is -2.36. The molecule has 0 aliphatic carbocycles. The Morgan fingerprint density at radius 1 is 1.17 bits per heavy atom. The van der Waals surface area contributed by atoms with Crippen molar-refractivity contribution in [3.63, 3.8) is 0 Å². The highest BCUT2D eigenvalue weighted by molar-refractivity contribution is 5.82. The van der Waals surface area contributed by atoms with Crippen LogP contribution in [0.3, 0.4) is 0 Å². The molecule has 2 aliphatic heterocycles. The zero-order valence-corrected chi connectivity index (χ0v) is 13.3. The SMILES string of the molecule is O=C(O)CCC(=O)N1C[C@@H]2OCC(=O)N(Cc3ccccc3)[C@@H]2C1. The maximum atomic E-state index is 12.3. The van der Waals surface area contributed by atoms with Crippen LogP contribution in [-0.4, -0.2) is 64.5 Å². The molecule has 1 aromatic rings. The van der Waals surface area contributed by atoms with E-state index < -0.39 is 5.97 Å². The molecule has 7 nitrogen and oxygen atoms in total. The molecule has 2 amide bonds. The summed E-state index contributed by atoms with van der Waals surface area (Å²) in [6.07, 6.45) is -0.417. The first-order valence-corrected chi connectivity index (χ1v) is 7.99. The second kappa shape index (κ2) is 7.00. The van der Waals surface area contributed by atoms with Crippen molar-refractivity contribution in [1.29, 1.82) is 0 Å². The van der Waals surface area contributed by atoms with Crippen molar-refractivity contribution in [3.8, 4) is 0 Å². The summed E-state index contributed by atoms with van der Waals surface area (Å²) < 4.78 is 5.59. The second-order valence-corrected chi connectivity index (χ2v) is 6.12. The van der Waals surface area contributed by atoms with Crippen molar-refractivity contribution >= 4 is 17.8 Å². The van der Waals surface area contributed by atoms with E-state index in [1.54, 1.807) is 9.80 Å². The van der Waals surface area contributed by atoms with E-state index in [1.165, 1.54) is 0 Å². The molecule has 7 heteroatoms. The molecule has 1 N–H and O–H groups in total. The van der Waals surface area contributed by atoms with Crippen LogP contribution in [0.4, 0.5) is 0 Å². The molecule has 0 bridgehead atoms. The minimum Gasteiger partial charge on any atom is -0.481 e. The van der Waals surface area contributed by atoms with Crippen LogP contribution < -0.4 is 0 Å². The van der Waals surface area contributed by atoms with Crippen LogP contribution in [0.15, 0.2) is 30.3 Å². The molecule has 0 spiro atoms. The van der Waals surface area contributed by atoms with Gasteiger partial charge in [0, 0.05) is 26.1 Å². The predicted octanol–water partition coefficient (Wildman–Crippen LogP) is 0.490.